The van der Waals surface area contributed by atoms with E-state index in [4.69, 9.17) is 34.3 Å². The van der Waals surface area contributed by atoms with Crippen molar-refractivity contribution in [3.8, 4) is 45.4 Å². The van der Waals surface area contributed by atoms with Crippen LogP contribution in [0, 0.1) is 0 Å². The Morgan fingerprint density at radius 3 is 1.92 bits per heavy atom. The molecule has 0 atom stereocenters. The van der Waals surface area contributed by atoms with Crippen LogP contribution in [-0.2, 0) is 0 Å². The van der Waals surface area contributed by atoms with Crippen molar-refractivity contribution in [2.75, 3.05) is 0 Å². The maximum absolute atomic E-state index is 6.14. The summed E-state index contributed by atoms with van der Waals surface area (Å²) in [5.74, 6) is 1.70. The number of aromatic nitrogens is 7. The third kappa shape index (κ3) is 4.81. The van der Waals surface area contributed by atoms with E-state index in [1.165, 1.54) is 0 Å². The Labute approximate surface area is 301 Å². The Bertz CT molecular complexity index is 3250. The predicted molar refractivity (Wildman–Crippen MR) is 210 cm³/mol. The highest BCUT2D eigenvalue weighted by Crippen LogP contribution is 2.37. The van der Waals surface area contributed by atoms with Crippen LogP contribution in [-0.4, -0.2) is 34.9 Å². The van der Waals surface area contributed by atoms with E-state index in [-0.39, 0.29) is 0 Å². The molecular formula is C45H25N7O. The molecule has 246 valence electrons. The van der Waals surface area contributed by atoms with Gasteiger partial charge in [-0.25, -0.2) is 29.9 Å². The molecule has 8 heteroatoms. The summed E-state index contributed by atoms with van der Waals surface area (Å²) in [5.41, 5.74) is 9.75. The second kappa shape index (κ2) is 11.5. The van der Waals surface area contributed by atoms with Crippen LogP contribution in [0.1, 0.15) is 0 Å². The number of nitrogens with zero attached hydrogens (tertiary/aromatic N) is 7. The molecule has 6 aromatic carbocycles. The molecule has 11 rings (SSSR count). The largest absolute Gasteiger partial charge is 0.436 e. The number of pyridine rings is 2. The molecule has 53 heavy (non-hydrogen) atoms. The summed E-state index contributed by atoms with van der Waals surface area (Å²) in [7, 11) is 0. The lowest BCUT2D eigenvalue weighted by molar-refractivity contribution is 0.655. The Morgan fingerprint density at radius 1 is 0.396 bits per heavy atom. The van der Waals surface area contributed by atoms with E-state index in [9.17, 15) is 0 Å². The number of benzene rings is 6. The summed E-state index contributed by atoms with van der Waals surface area (Å²) < 4.78 is 6.14. The smallest absolute Gasteiger partial charge is 0.246 e. The molecule has 11 aromatic rings. The number of rotatable bonds is 4. The molecular weight excluding hydrogens is 655 g/mol. The van der Waals surface area contributed by atoms with Crippen LogP contribution in [0.15, 0.2) is 156 Å². The fourth-order valence-electron chi connectivity index (χ4n) is 7.21. The highest BCUT2D eigenvalue weighted by Gasteiger charge is 2.19. The normalized spacial score (nSPS) is 11.8. The summed E-state index contributed by atoms with van der Waals surface area (Å²) >= 11 is 0. The number of para-hydroxylation sites is 2. The van der Waals surface area contributed by atoms with Crippen LogP contribution in [0.2, 0.25) is 0 Å². The molecule has 0 bridgehead atoms. The fourth-order valence-corrected chi connectivity index (χ4v) is 7.21. The van der Waals surface area contributed by atoms with E-state index in [2.05, 4.69) is 65.6 Å². The molecule has 0 unspecified atom stereocenters. The lowest BCUT2D eigenvalue weighted by atomic mass is 9.96. The predicted octanol–water partition coefficient (Wildman–Crippen LogP) is 10.6. The SMILES string of the molecule is c1ccc(-c2nc(-c3ccc4oc5nc6ccccc6nc5c4c3)nc(-c3ccc(-c4ccc5ccc6cccnc6c5n4)c4ccccc34)n2)cc1. The van der Waals surface area contributed by atoms with Gasteiger partial charge < -0.3 is 4.42 Å². The first-order valence-corrected chi connectivity index (χ1v) is 17.3. The maximum Gasteiger partial charge on any atom is 0.246 e. The van der Waals surface area contributed by atoms with E-state index in [1.54, 1.807) is 0 Å². The Balaban J connectivity index is 1.10. The van der Waals surface area contributed by atoms with Crippen LogP contribution >= 0.6 is 0 Å². The molecule has 5 heterocycles. The zero-order valence-corrected chi connectivity index (χ0v) is 28.0. The number of fused-ring (bicyclic) bond motifs is 8. The van der Waals surface area contributed by atoms with Crippen LogP contribution in [0.4, 0.5) is 0 Å². The van der Waals surface area contributed by atoms with Gasteiger partial charge in [-0.05, 0) is 59.3 Å². The van der Waals surface area contributed by atoms with E-state index < -0.39 is 0 Å². The van der Waals surface area contributed by atoms with Crippen molar-refractivity contribution in [2.24, 2.45) is 0 Å². The van der Waals surface area contributed by atoms with Crippen molar-refractivity contribution in [3.63, 3.8) is 0 Å². The van der Waals surface area contributed by atoms with Crippen LogP contribution < -0.4 is 0 Å². The zero-order valence-electron chi connectivity index (χ0n) is 28.0. The molecule has 0 aliphatic carbocycles. The molecule has 0 radical (unpaired) electrons. The van der Waals surface area contributed by atoms with Gasteiger partial charge in [-0.15, -0.1) is 0 Å². The average Bonchev–Trinajstić information content (AvgIpc) is 3.59. The molecule has 8 nitrogen and oxygen atoms in total. The first-order valence-electron chi connectivity index (χ1n) is 17.3. The van der Waals surface area contributed by atoms with Crippen molar-refractivity contribution in [2.45, 2.75) is 0 Å². The van der Waals surface area contributed by atoms with E-state index in [0.29, 0.717) is 34.3 Å². The van der Waals surface area contributed by atoms with Crippen LogP contribution in [0.3, 0.4) is 0 Å². The molecule has 0 spiro atoms. The van der Waals surface area contributed by atoms with Crippen molar-refractivity contribution in [3.05, 3.63) is 152 Å². The molecule has 0 fully saturated rings. The Kier molecular flexibility index (Phi) is 6.38. The monoisotopic (exact) mass is 679 g/mol. The van der Waals surface area contributed by atoms with Crippen molar-refractivity contribution in [1.29, 1.82) is 0 Å². The fraction of sp³-hybridized carbons (Fsp3) is 0. The molecule has 0 aliphatic heterocycles. The molecule has 0 saturated heterocycles. The minimum atomic E-state index is 0.495. The molecule has 0 aliphatic rings. The first-order chi connectivity index (χ1) is 26.2. The summed E-state index contributed by atoms with van der Waals surface area (Å²) in [6.45, 7) is 0. The third-order valence-corrected chi connectivity index (χ3v) is 9.78. The van der Waals surface area contributed by atoms with E-state index in [1.807, 2.05) is 91.1 Å². The standard InChI is InChI=1S/C45H25N7O/c1-2-9-28(10-3-1)42-50-43(29-19-23-38-34(25-29)41-45(53-38)49-37-15-7-6-14-36(37)48-41)52-44(51-42)33-21-20-32(30-12-4-5-13-31(30)33)35-22-18-27-17-16-26-11-8-24-46-39(26)40(27)47-35/h1-25H. The second-order valence-corrected chi connectivity index (χ2v) is 13.0. The van der Waals surface area contributed by atoms with Gasteiger partial charge in [0.2, 0.25) is 5.71 Å². The van der Waals surface area contributed by atoms with Gasteiger partial charge in [0.15, 0.2) is 17.5 Å². The van der Waals surface area contributed by atoms with Gasteiger partial charge in [0, 0.05) is 44.6 Å². The van der Waals surface area contributed by atoms with Crippen LogP contribution in [0.25, 0.3) is 111 Å². The van der Waals surface area contributed by atoms with Gasteiger partial charge in [0.05, 0.1) is 27.8 Å². The number of hydrogen-bond acceptors (Lipinski definition) is 8. The summed E-state index contributed by atoms with van der Waals surface area (Å²) in [6.07, 6.45) is 1.82. The quantitative estimate of drug-likeness (QED) is 0.169. The highest BCUT2D eigenvalue weighted by molar-refractivity contribution is 6.07. The number of hydrogen-bond donors (Lipinski definition) is 0. The van der Waals surface area contributed by atoms with Crippen molar-refractivity contribution < 1.29 is 4.42 Å². The summed E-state index contributed by atoms with van der Waals surface area (Å²) in [6, 6.07) is 48.7. The zero-order chi connectivity index (χ0) is 34.9. The summed E-state index contributed by atoms with van der Waals surface area (Å²) in [4.78, 5) is 34.7. The van der Waals surface area contributed by atoms with Gasteiger partial charge in [-0.1, -0.05) is 97.1 Å². The topological polar surface area (TPSA) is 103 Å². The van der Waals surface area contributed by atoms with Gasteiger partial charge >= 0.3 is 0 Å². The second-order valence-electron chi connectivity index (χ2n) is 13.0. The van der Waals surface area contributed by atoms with Gasteiger partial charge in [0.25, 0.3) is 0 Å². The van der Waals surface area contributed by atoms with Gasteiger partial charge in [0.1, 0.15) is 11.1 Å². The molecule has 5 aromatic heterocycles. The van der Waals surface area contributed by atoms with Crippen LogP contribution in [0.5, 0.6) is 0 Å². The van der Waals surface area contributed by atoms with Gasteiger partial charge in [-0.2, -0.15) is 0 Å². The van der Waals surface area contributed by atoms with E-state index in [0.717, 1.165) is 76.9 Å². The van der Waals surface area contributed by atoms with E-state index >= 15 is 0 Å². The molecule has 0 N–H and O–H groups in total. The Hall–Kier alpha value is -7.45. The molecule has 0 saturated carbocycles. The maximum atomic E-state index is 6.14. The number of furan rings is 1. The van der Waals surface area contributed by atoms with Crippen molar-refractivity contribution in [1.82, 2.24) is 34.9 Å². The van der Waals surface area contributed by atoms with Gasteiger partial charge in [-0.3, -0.25) is 4.98 Å². The lowest BCUT2D eigenvalue weighted by Gasteiger charge is -2.13. The summed E-state index contributed by atoms with van der Waals surface area (Å²) in [5, 5.41) is 5.02. The average molecular weight is 680 g/mol. The minimum Gasteiger partial charge on any atom is -0.436 e. The minimum absolute atomic E-state index is 0.495. The molecule has 0 amide bonds. The lowest BCUT2D eigenvalue weighted by Crippen LogP contribution is -2.01. The third-order valence-electron chi connectivity index (χ3n) is 9.78. The Morgan fingerprint density at radius 2 is 1.08 bits per heavy atom. The first kappa shape index (κ1) is 29.3. The highest BCUT2D eigenvalue weighted by atomic mass is 16.3. The van der Waals surface area contributed by atoms with Crippen molar-refractivity contribution >= 4 is 65.8 Å².